The number of methoxy groups -OCH3 is 2. The van der Waals surface area contributed by atoms with Gasteiger partial charge in [-0.15, -0.1) is 0 Å². The number of nitrogens with one attached hydrogen (secondary N) is 1. The maximum atomic E-state index is 6.09. The van der Waals surface area contributed by atoms with Gasteiger partial charge in [0.25, 0.3) is 0 Å². The van der Waals surface area contributed by atoms with E-state index in [1.54, 1.807) is 14.2 Å². The molecule has 1 aliphatic rings. The van der Waals surface area contributed by atoms with Gasteiger partial charge in [-0.3, -0.25) is 5.43 Å². The lowest BCUT2D eigenvalue weighted by Gasteiger charge is -2.13. The van der Waals surface area contributed by atoms with E-state index in [9.17, 15) is 0 Å². The summed E-state index contributed by atoms with van der Waals surface area (Å²) in [6.07, 6.45) is 0. The normalized spacial score (nSPS) is 12.8. The van der Waals surface area contributed by atoms with Crippen LogP contribution in [0.5, 0.6) is 11.5 Å². The molecule has 5 nitrogen and oxygen atoms in total. The zero-order chi connectivity index (χ0) is 22.1. The van der Waals surface area contributed by atoms with Gasteiger partial charge in [0.15, 0.2) is 17.3 Å². The maximum absolute atomic E-state index is 6.09. The van der Waals surface area contributed by atoms with E-state index in [-0.39, 0.29) is 0 Å². The van der Waals surface area contributed by atoms with Crippen LogP contribution in [0.25, 0.3) is 10.8 Å². The predicted molar refractivity (Wildman–Crippen MR) is 130 cm³/mol. The van der Waals surface area contributed by atoms with E-state index in [0.717, 1.165) is 38.9 Å². The van der Waals surface area contributed by atoms with Crippen molar-refractivity contribution in [1.82, 2.24) is 5.43 Å². The van der Waals surface area contributed by atoms with Gasteiger partial charge in [-0.2, -0.15) is 5.10 Å². The quantitative estimate of drug-likeness (QED) is 0.426. The molecule has 4 aromatic rings. The number of halogens is 1. The van der Waals surface area contributed by atoms with Gasteiger partial charge in [0, 0.05) is 27.1 Å². The van der Waals surface area contributed by atoms with Crippen molar-refractivity contribution in [2.75, 3.05) is 14.2 Å². The smallest absolute Gasteiger partial charge is 0.161 e. The zero-order valence-electron chi connectivity index (χ0n) is 17.6. The molecule has 158 valence electrons. The second kappa shape index (κ2) is 8.36. The lowest BCUT2D eigenvalue weighted by molar-refractivity contribution is 0.355. The number of fused-ring (bicyclic) bond motifs is 3. The van der Waals surface area contributed by atoms with Crippen molar-refractivity contribution in [1.29, 1.82) is 0 Å². The molecule has 0 aromatic heterocycles. The van der Waals surface area contributed by atoms with Crippen LogP contribution in [0.3, 0.4) is 0 Å². The second-order valence-electron chi connectivity index (χ2n) is 7.29. The predicted octanol–water partition coefficient (Wildman–Crippen LogP) is 5.94. The third-order valence-corrected chi connectivity index (χ3v) is 5.68. The number of rotatable bonds is 4. The highest BCUT2D eigenvalue weighted by atomic mass is 35.5. The Morgan fingerprint density at radius 1 is 0.781 bits per heavy atom. The number of hydrogen-bond donors (Lipinski definition) is 1. The molecule has 5 rings (SSSR count). The minimum absolute atomic E-state index is 0.637. The summed E-state index contributed by atoms with van der Waals surface area (Å²) in [4.78, 5) is 5.01. The Labute approximate surface area is 191 Å². The van der Waals surface area contributed by atoms with E-state index >= 15 is 0 Å². The third-order valence-electron chi connectivity index (χ3n) is 5.43. The van der Waals surface area contributed by atoms with Crippen LogP contribution in [0.2, 0.25) is 5.02 Å². The molecule has 4 aromatic carbocycles. The number of benzene rings is 4. The van der Waals surface area contributed by atoms with Gasteiger partial charge in [-0.1, -0.05) is 41.9 Å². The summed E-state index contributed by atoms with van der Waals surface area (Å²) >= 11 is 6.09. The Balaban J connectivity index is 1.74. The highest BCUT2D eigenvalue weighted by Gasteiger charge is 2.20. The lowest BCUT2D eigenvalue weighted by Crippen LogP contribution is -2.19. The van der Waals surface area contributed by atoms with Crippen molar-refractivity contribution in [2.45, 2.75) is 0 Å². The molecule has 1 aliphatic heterocycles. The maximum Gasteiger partial charge on any atom is 0.161 e. The summed E-state index contributed by atoms with van der Waals surface area (Å²) in [5.41, 5.74) is 7.49. The number of nitrogens with zero attached hydrogens (tertiary/aromatic N) is 2. The molecule has 0 unspecified atom stereocenters. The van der Waals surface area contributed by atoms with Crippen LogP contribution in [0.1, 0.15) is 16.7 Å². The fourth-order valence-electron chi connectivity index (χ4n) is 3.81. The Kier molecular flexibility index (Phi) is 5.25. The molecule has 0 bridgehead atoms. The standard InChI is InChI=1S/C26H20ClN3O2/c1-31-22-14-10-18(15-23(22)32-2)24-21-13-9-16-5-3-4-6-20(16)25(21)28-26(30-29-24)17-7-11-19(27)12-8-17/h3-15H,1-2H3,(H,28,30). The van der Waals surface area contributed by atoms with Gasteiger partial charge in [-0.05, 0) is 53.9 Å². The minimum Gasteiger partial charge on any atom is -0.493 e. The van der Waals surface area contributed by atoms with Crippen molar-refractivity contribution in [3.8, 4) is 11.5 Å². The summed E-state index contributed by atoms with van der Waals surface area (Å²) in [6.45, 7) is 0. The summed E-state index contributed by atoms with van der Waals surface area (Å²) < 4.78 is 10.9. The highest BCUT2D eigenvalue weighted by Crippen LogP contribution is 2.35. The zero-order valence-corrected chi connectivity index (χ0v) is 18.4. The fourth-order valence-corrected chi connectivity index (χ4v) is 3.94. The van der Waals surface area contributed by atoms with E-state index in [1.807, 2.05) is 54.6 Å². The van der Waals surface area contributed by atoms with Crippen molar-refractivity contribution < 1.29 is 9.47 Å². The average Bonchev–Trinajstić information content (AvgIpc) is 3.04. The lowest BCUT2D eigenvalue weighted by atomic mass is 9.96. The SMILES string of the molecule is COc1ccc(C2=NNC(c3ccc(Cl)cc3)=Nc3c2ccc2ccccc32)cc1OC. The summed E-state index contributed by atoms with van der Waals surface area (Å²) in [5, 5.41) is 7.59. The van der Waals surface area contributed by atoms with Gasteiger partial charge in [-0.25, -0.2) is 4.99 Å². The highest BCUT2D eigenvalue weighted by molar-refractivity contribution is 6.30. The molecule has 0 fully saturated rings. The van der Waals surface area contributed by atoms with Gasteiger partial charge in [0.1, 0.15) is 5.71 Å². The van der Waals surface area contributed by atoms with Crippen molar-refractivity contribution in [3.05, 3.63) is 101 Å². The van der Waals surface area contributed by atoms with Crippen LogP contribution in [0.15, 0.2) is 89.0 Å². The van der Waals surface area contributed by atoms with E-state index in [4.69, 9.17) is 31.2 Å². The van der Waals surface area contributed by atoms with Crippen LogP contribution in [0.4, 0.5) is 5.69 Å². The molecule has 0 saturated heterocycles. The largest absolute Gasteiger partial charge is 0.493 e. The second-order valence-corrected chi connectivity index (χ2v) is 7.73. The molecule has 6 heteroatoms. The minimum atomic E-state index is 0.637. The van der Waals surface area contributed by atoms with Crippen molar-refractivity contribution in [2.24, 2.45) is 10.1 Å². The molecular weight excluding hydrogens is 422 g/mol. The first-order valence-electron chi connectivity index (χ1n) is 10.1. The summed E-state index contributed by atoms with van der Waals surface area (Å²) in [5.74, 6) is 1.95. The Morgan fingerprint density at radius 2 is 1.53 bits per heavy atom. The molecule has 1 heterocycles. The van der Waals surface area contributed by atoms with Gasteiger partial charge >= 0.3 is 0 Å². The monoisotopic (exact) mass is 441 g/mol. The van der Waals surface area contributed by atoms with Gasteiger partial charge < -0.3 is 9.47 Å². The van der Waals surface area contributed by atoms with E-state index in [0.29, 0.717) is 22.4 Å². The molecule has 0 spiro atoms. The Bertz CT molecular complexity index is 1380. The number of ether oxygens (including phenoxy) is 2. The first-order valence-corrected chi connectivity index (χ1v) is 10.5. The van der Waals surface area contributed by atoms with E-state index in [1.165, 1.54) is 0 Å². The third kappa shape index (κ3) is 3.57. The molecule has 32 heavy (non-hydrogen) atoms. The van der Waals surface area contributed by atoms with Crippen LogP contribution in [0, 0.1) is 0 Å². The number of hydrazone groups is 1. The number of hydrogen-bond acceptors (Lipinski definition) is 5. The van der Waals surface area contributed by atoms with E-state index in [2.05, 4.69) is 29.7 Å². The number of aliphatic imine (C=N–C) groups is 1. The van der Waals surface area contributed by atoms with Crippen LogP contribution >= 0.6 is 11.6 Å². The topological polar surface area (TPSA) is 55.2 Å². The molecule has 0 atom stereocenters. The Morgan fingerprint density at radius 3 is 2.31 bits per heavy atom. The van der Waals surface area contributed by atoms with Crippen molar-refractivity contribution >= 4 is 39.6 Å². The molecule has 1 N–H and O–H groups in total. The summed E-state index contributed by atoms with van der Waals surface area (Å²) in [7, 11) is 3.24. The van der Waals surface area contributed by atoms with Gasteiger partial charge in [0.05, 0.1) is 19.9 Å². The fraction of sp³-hybridized carbons (Fsp3) is 0.0769. The molecule has 0 aliphatic carbocycles. The molecule has 0 radical (unpaired) electrons. The van der Waals surface area contributed by atoms with Crippen molar-refractivity contribution in [3.63, 3.8) is 0 Å². The first kappa shape index (κ1) is 20.1. The van der Waals surface area contributed by atoms with Gasteiger partial charge in [0.2, 0.25) is 0 Å². The molecular formula is C26H20ClN3O2. The van der Waals surface area contributed by atoms with Crippen LogP contribution in [-0.2, 0) is 0 Å². The molecule has 0 saturated carbocycles. The first-order chi connectivity index (χ1) is 15.7. The van der Waals surface area contributed by atoms with Crippen LogP contribution < -0.4 is 14.9 Å². The average molecular weight is 442 g/mol. The Hall–Kier alpha value is -3.83. The summed E-state index contributed by atoms with van der Waals surface area (Å²) in [6, 6.07) is 25.7. The van der Waals surface area contributed by atoms with E-state index < -0.39 is 0 Å². The van der Waals surface area contributed by atoms with Crippen LogP contribution in [-0.4, -0.2) is 25.8 Å². The molecule has 0 amide bonds. The number of amidine groups is 1.